The van der Waals surface area contributed by atoms with Gasteiger partial charge in [-0.3, -0.25) is 4.79 Å². The monoisotopic (exact) mass is 392 g/mol. The van der Waals surface area contributed by atoms with Gasteiger partial charge in [0.2, 0.25) is 0 Å². The molecule has 1 aromatic carbocycles. The number of benzene rings is 1. The van der Waals surface area contributed by atoms with Gasteiger partial charge in [0.25, 0.3) is 5.91 Å². The van der Waals surface area contributed by atoms with Crippen LogP contribution in [0, 0.1) is 18.8 Å². The summed E-state index contributed by atoms with van der Waals surface area (Å²) in [6, 6.07) is 4.63. The predicted molar refractivity (Wildman–Crippen MR) is 96.9 cm³/mol. The molecular formula is C20H19F3N2O3. The lowest BCUT2D eigenvalue weighted by Gasteiger charge is -2.05. The topological polar surface area (TPSA) is 71.2 Å². The van der Waals surface area contributed by atoms with Crippen molar-refractivity contribution in [3.8, 4) is 11.8 Å². The van der Waals surface area contributed by atoms with Gasteiger partial charge in [-0.2, -0.15) is 13.2 Å². The van der Waals surface area contributed by atoms with Crippen LogP contribution >= 0.6 is 0 Å². The van der Waals surface area contributed by atoms with E-state index in [4.69, 9.17) is 4.74 Å². The highest BCUT2D eigenvalue weighted by atomic mass is 19.4. The highest BCUT2D eigenvalue weighted by Gasteiger charge is 2.30. The number of aryl methyl sites for hydroxylation is 1. The number of ether oxygens (including phenoxy) is 1. The molecule has 0 aliphatic carbocycles. The number of alkyl halides is 3. The number of methoxy groups -OCH3 is 1. The molecule has 1 heterocycles. The molecule has 0 aliphatic rings. The minimum atomic E-state index is -4.44. The Labute approximate surface area is 160 Å². The zero-order valence-electron chi connectivity index (χ0n) is 15.6. The molecule has 5 nitrogen and oxygen atoms in total. The summed E-state index contributed by atoms with van der Waals surface area (Å²) in [6.45, 7) is 3.40. The van der Waals surface area contributed by atoms with Crippen molar-refractivity contribution in [3.05, 3.63) is 57.9 Å². The maximum Gasteiger partial charge on any atom is 0.416 e. The summed E-state index contributed by atoms with van der Waals surface area (Å²) in [4.78, 5) is 27.1. The van der Waals surface area contributed by atoms with Gasteiger partial charge < -0.3 is 15.0 Å². The molecule has 148 valence electrons. The Morgan fingerprint density at radius 3 is 2.61 bits per heavy atom. The Kier molecular flexibility index (Phi) is 6.52. The minimum absolute atomic E-state index is 0.0669. The standard InChI is InChI=1S/C20H19F3N2O3/c1-4-15-16(19(27)28-3)12(2)17(25-15)18(26)24-10-6-8-13-7-5-9-14(11-13)20(21,22)23/h5,7,9,11,25H,4,10H2,1-3H3,(H,24,26). The van der Waals surface area contributed by atoms with Gasteiger partial charge >= 0.3 is 12.1 Å². The number of hydrogen-bond acceptors (Lipinski definition) is 3. The third-order valence-corrected chi connectivity index (χ3v) is 4.06. The third kappa shape index (κ3) is 4.74. The summed E-state index contributed by atoms with van der Waals surface area (Å²) in [5, 5.41) is 2.56. The molecule has 1 aromatic heterocycles. The Morgan fingerprint density at radius 2 is 2.00 bits per heavy atom. The van der Waals surface area contributed by atoms with Crippen molar-refractivity contribution < 1.29 is 27.5 Å². The fraction of sp³-hybridized carbons (Fsp3) is 0.300. The van der Waals surface area contributed by atoms with Gasteiger partial charge in [0, 0.05) is 11.3 Å². The van der Waals surface area contributed by atoms with Crippen molar-refractivity contribution in [2.24, 2.45) is 0 Å². The van der Waals surface area contributed by atoms with Crippen LogP contribution in [0.1, 0.15) is 50.2 Å². The lowest BCUT2D eigenvalue weighted by molar-refractivity contribution is -0.137. The zero-order valence-corrected chi connectivity index (χ0v) is 15.6. The van der Waals surface area contributed by atoms with E-state index in [0.29, 0.717) is 23.2 Å². The highest BCUT2D eigenvalue weighted by Crippen LogP contribution is 2.29. The fourth-order valence-corrected chi connectivity index (χ4v) is 2.66. The summed E-state index contributed by atoms with van der Waals surface area (Å²) in [6.07, 6.45) is -3.93. The molecule has 0 saturated carbocycles. The first-order chi connectivity index (χ1) is 13.2. The van der Waals surface area contributed by atoms with Crippen LogP contribution in [0.4, 0.5) is 13.2 Å². The van der Waals surface area contributed by atoms with E-state index < -0.39 is 23.6 Å². The van der Waals surface area contributed by atoms with Crippen LogP contribution in [0.25, 0.3) is 0 Å². The van der Waals surface area contributed by atoms with Crippen LogP contribution in [0.15, 0.2) is 24.3 Å². The predicted octanol–water partition coefficient (Wildman–Crippen LogP) is 3.47. The number of aromatic nitrogens is 1. The molecule has 8 heteroatoms. The van der Waals surface area contributed by atoms with Crippen LogP contribution in [0.2, 0.25) is 0 Å². The maximum absolute atomic E-state index is 12.7. The maximum atomic E-state index is 12.7. The van der Waals surface area contributed by atoms with E-state index in [0.717, 1.165) is 12.1 Å². The molecule has 0 unspecified atom stereocenters. The molecule has 28 heavy (non-hydrogen) atoms. The van der Waals surface area contributed by atoms with E-state index in [1.54, 1.807) is 6.92 Å². The second kappa shape index (κ2) is 8.65. The Bertz CT molecular complexity index is 950. The Balaban J connectivity index is 2.10. The van der Waals surface area contributed by atoms with E-state index in [2.05, 4.69) is 22.1 Å². The summed E-state index contributed by atoms with van der Waals surface area (Å²) >= 11 is 0. The number of esters is 1. The molecule has 2 N–H and O–H groups in total. The first-order valence-electron chi connectivity index (χ1n) is 8.43. The van der Waals surface area contributed by atoms with Crippen molar-refractivity contribution in [1.82, 2.24) is 10.3 Å². The summed E-state index contributed by atoms with van der Waals surface area (Å²) in [5.41, 5.74) is 1.01. The number of carbonyl (C=O) groups excluding carboxylic acids is 2. The number of amides is 1. The lowest BCUT2D eigenvalue weighted by atomic mass is 10.1. The normalized spacial score (nSPS) is 10.8. The molecule has 2 aromatic rings. The van der Waals surface area contributed by atoms with E-state index >= 15 is 0 Å². The number of halogens is 3. The van der Waals surface area contributed by atoms with Crippen molar-refractivity contribution in [2.75, 3.05) is 13.7 Å². The minimum Gasteiger partial charge on any atom is -0.465 e. The van der Waals surface area contributed by atoms with Crippen molar-refractivity contribution in [2.45, 2.75) is 26.4 Å². The third-order valence-electron chi connectivity index (χ3n) is 4.06. The average Bonchev–Trinajstić information content (AvgIpc) is 3.00. The van der Waals surface area contributed by atoms with E-state index in [9.17, 15) is 22.8 Å². The van der Waals surface area contributed by atoms with Crippen LogP contribution in [0.5, 0.6) is 0 Å². The Morgan fingerprint density at radius 1 is 1.29 bits per heavy atom. The van der Waals surface area contributed by atoms with Crippen LogP contribution < -0.4 is 5.32 Å². The molecule has 0 bridgehead atoms. The van der Waals surface area contributed by atoms with Gasteiger partial charge in [0.1, 0.15) is 5.69 Å². The number of aromatic amines is 1. The van der Waals surface area contributed by atoms with Gasteiger partial charge in [0.05, 0.1) is 24.8 Å². The number of carbonyl (C=O) groups is 2. The first-order valence-corrected chi connectivity index (χ1v) is 8.43. The van der Waals surface area contributed by atoms with Gasteiger partial charge in [-0.1, -0.05) is 24.8 Å². The largest absolute Gasteiger partial charge is 0.465 e. The summed E-state index contributed by atoms with van der Waals surface area (Å²) < 4.78 is 42.8. The van der Waals surface area contributed by atoms with Crippen LogP contribution in [-0.2, 0) is 17.3 Å². The molecule has 0 radical (unpaired) electrons. The molecule has 0 fully saturated rings. The van der Waals surface area contributed by atoms with Gasteiger partial charge in [-0.05, 0) is 37.1 Å². The SMILES string of the molecule is CCc1[nH]c(C(=O)NCC#Cc2cccc(C(F)(F)F)c2)c(C)c1C(=O)OC. The summed E-state index contributed by atoms with van der Waals surface area (Å²) in [7, 11) is 1.26. The van der Waals surface area contributed by atoms with Gasteiger partial charge in [-0.25, -0.2) is 4.79 Å². The van der Waals surface area contributed by atoms with E-state index in [1.807, 2.05) is 6.92 Å². The second-order valence-electron chi connectivity index (χ2n) is 5.89. The number of rotatable bonds is 4. The highest BCUT2D eigenvalue weighted by molar-refractivity contribution is 6.00. The lowest BCUT2D eigenvalue weighted by Crippen LogP contribution is -2.24. The van der Waals surface area contributed by atoms with Crippen LogP contribution in [0.3, 0.4) is 0 Å². The number of H-pyrrole nitrogens is 1. The summed E-state index contributed by atoms with van der Waals surface area (Å²) in [5.74, 6) is 4.19. The van der Waals surface area contributed by atoms with E-state index in [1.165, 1.54) is 19.2 Å². The quantitative estimate of drug-likeness (QED) is 0.618. The van der Waals surface area contributed by atoms with Crippen molar-refractivity contribution in [3.63, 3.8) is 0 Å². The molecule has 0 saturated heterocycles. The fourth-order valence-electron chi connectivity index (χ4n) is 2.66. The number of hydrogen-bond donors (Lipinski definition) is 2. The molecule has 0 spiro atoms. The van der Waals surface area contributed by atoms with E-state index in [-0.39, 0.29) is 17.8 Å². The number of nitrogens with one attached hydrogen (secondary N) is 2. The molecule has 0 atom stereocenters. The molecule has 2 rings (SSSR count). The molecular weight excluding hydrogens is 373 g/mol. The molecule has 0 aliphatic heterocycles. The van der Waals surface area contributed by atoms with Crippen molar-refractivity contribution >= 4 is 11.9 Å². The zero-order chi connectivity index (χ0) is 20.9. The van der Waals surface area contributed by atoms with Crippen LogP contribution in [-0.4, -0.2) is 30.5 Å². The Hall–Kier alpha value is -3.21. The van der Waals surface area contributed by atoms with Gasteiger partial charge in [-0.15, -0.1) is 0 Å². The average molecular weight is 392 g/mol. The first kappa shape index (κ1) is 21.1. The molecule has 1 amide bonds. The smallest absolute Gasteiger partial charge is 0.416 e. The van der Waals surface area contributed by atoms with Crippen molar-refractivity contribution in [1.29, 1.82) is 0 Å². The van der Waals surface area contributed by atoms with Gasteiger partial charge in [0.15, 0.2) is 0 Å². The second-order valence-corrected chi connectivity index (χ2v) is 5.89.